The first kappa shape index (κ1) is 19.6. The topological polar surface area (TPSA) is 74.7 Å². The van der Waals surface area contributed by atoms with Crippen molar-refractivity contribution < 1.29 is 14.6 Å². The van der Waals surface area contributed by atoms with Crippen LogP contribution in [0.25, 0.3) is 10.6 Å². The number of aromatic hydroxyl groups is 1. The van der Waals surface area contributed by atoms with Crippen LogP contribution in [-0.4, -0.2) is 47.2 Å². The Morgan fingerprint density at radius 2 is 2.00 bits per heavy atom. The standard InChI is InChI=1S/C22H23N3O3S/c26-20-6-2-5-18(12-20)23-21(27)13-19-15-29-22(24-19)17-4-1-3-16(11-17)14-25-7-9-28-10-8-25/h1-6,11-12,15,26H,7-10,13-14H2,(H,23,27). The third-order valence-electron chi connectivity index (χ3n) is 4.71. The molecule has 0 radical (unpaired) electrons. The molecule has 1 fully saturated rings. The maximum absolute atomic E-state index is 12.3. The number of benzene rings is 2. The number of aromatic nitrogens is 1. The van der Waals surface area contributed by atoms with Gasteiger partial charge in [0.1, 0.15) is 10.8 Å². The summed E-state index contributed by atoms with van der Waals surface area (Å²) in [6, 6.07) is 14.9. The largest absolute Gasteiger partial charge is 0.508 e. The number of thiazole rings is 1. The molecule has 150 valence electrons. The van der Waals surface area contributed by atoms with Crippen LogP contribution in [0.1, 0.15) is 11.3 Å². The number of carbonyl (C=O) groups is 1. The second-order valence-electron chi connectivity index (χ2n) is 7.01. The fourth-order valence-corrected chi connectivity index (χ4v) is 4.11. The lowest BCUT2D eigenvalue weighted by Gasteiger charge is -2.26. The highest BCUT2D eigenvalue weighted by atomic mass is 32.1. The van der Waals surface area contributed by atoms with Crippen LogP contribution in [0.15, 0.2) is 53.9 Å². The predicted molar refractivity (Wildman–Crippen MR) is 114 cm³/mol. The molecule has 0 atom stereocenters. The predicted octanol–water partition coefficient (Wildman–Crippen LogP) is 3.53. The van der Waals surface area contributed by atoms with Crippen LogP contribution in [-0.2, 0) is 22.5 Å². The molecular formula is C22H23N3O3S. The van der Waals surface area contributed by atoms with E-state index in [4.69, 9.17) is 4.74 Å². The number of morpholine rings is 1. The summed E-state index contributed by atoms with van der Waals surface area (Å²) in [5.74, 6) is -0.0378. The van der Waals surface area contributed by atoms with Crippen molar-refractivity contribution in [1.82, 2.24) is 9.88 Å². The number of amides is 1. The number of carbonyl (C=O) groups excluding carboxylic acids is 1. The molecule has 0 bridgehead atoms. The van der Waals surface area contributed by atoms with Gasteiger partial charge in [-0.2, -0.15) is 0 Å². The summed E-state index contributed by atoms with van der Waals surface area (Å²) in [5.41, 5.74) is 3.63. The molecule has 4 rings (SSSR count). The third-order valence-corrected chi connectivity index (χ3v) is 5.65. The summed E-state index contributed by atoms with van der Waals surface area (Å²) < 4.78 is 5.41. The molecule has 0 unspecified atom stereocenters. The maximum Gasteiger partial charge on any atom is 0.230 e. The van der Waals surface area contributed by atoms with Gasteiger partial charge in [0.2, 0.25) is 5.91 Å². The Hall–Kier alpha value is -2.74. The van der Waals surface area contributed by atoms with E-state index in [1.807, 2.05) is 5.38 Å². The Labute approximate surface area is 173 Å². The average molecular weight is 410 g/mol. The molecule has 2 aromatic carbocycles. The lowest BCUT2D eigenvalue weighted by molar-refractivity contribution is -0.115. The quantitative estimate of drug-likeness (QED) is 0.652. The normalized spacial score (nSPS) is 14.6. The molecule has 1 aliphatic rings. The summed E-state index contributed by atoms with van der Waals surface area (Å²) in [6.07, 6.45) is 0.194. The molecule has 0 aliphatic carbocycles. The lowest BCUT2D eigenvalue weighted by atomic mass is 10.1. The zero-order chi connectivity index (χ0) is 20.1. The van der Waals surface area contributed by atoms with Crippen LogP contribution in [0.2, 0.25) is 0 Å². The van der Waals surface area contributed by atoms with Crippen LogP contribution >= 0.6 is 11.3 Å². The summed E-state index contributed by atoms with van der Waals surface area (Å²) in [7, 11) is 0. The van der Waals surface area contributed by atoms with Gasteiger partial charge >= 0.3 is 0 Å². The number of phenols is 1. The number of phenolic OH excluding ortho intramolecular Hbond substituents is 1. The van der Waals surface area contributed by atoms with Crippen LogP contribution < -0.4 is 5.32 Å². The molecule has 3 aromatic rings. The van der Waals surface area contributed by atoms with Crippen molar-refractivity contribution in [2.45, 2.75) is 13.0 Å². The van der Waals surface area contributed by atoms with E-state index < -0.39 is 0 Å². The van der Waals surface area contributed by atoms with Crippen molar-refractivity contribution in [3.8, 4) is 16.3 Å². The number of nitrogens with one attached hydrogen (secondary N) is 1. The van der Waals surface area contributed by atoms with E-state index in [1.54, 1.807) is 29.5 Å². The zero-order valence-electron chi connectivity index (χ0n) is 16.0. The van der Waals surface area contributed by atoms with Gasteiger partial charge in [0.15, 0.2) is 0 Å². The first-order valence-electron chi connectivity index (χ1n) is 9.58. The molecule has 0 spiro atoms. The number of ether oxygens (including phenoxy) is 1. The Balaban J connectivity index is 1.39. The van der Waals surface area contributed by atoms with E-state index in [-0.39, 0.29) is 18.1 Å². The van der Waals surface area contributed by atoms with Gasteiger partial charge in [-0.1, -0.05) is 24.3 Å². The van der Waals surface area contributed by atoms with Crippen molar-refractivity contribution >= 4 is 22.9 Å². The molecule has 1 saturated heterocycles. The first-order chi connectivity index (χ1) is 14.2. The number of anilines is 1. The number of hydrogen-bond acceptors (Lipinski definition) is 6. The van der Waals surface area contributed by atoms with Crippen molar-refractivity contribution in [2.75, 3.05) is 31.6 Å². The summed E-state index contributed by atoms with van der Waals surface area (Å²) in [5, 5.41) is 15.1. The van der Waals surface area contributed by atoms with Gasteiger partial charge in [0, 0.05) is 42.3 Å². The minimum absolute atomic E-state index is 0.121. The SMILES string of the molecule is O=C(Cc1csc(-c2cccc(CN3CCOCC3)c2)n1)Nc1cccc(O)c1. The van der Waals surface area contributed by atoms with Crippen molar-refractivity contribution in [3.63, 3.8) is 0 Å². The van der Waals surface area contributed by atoms with Gasteiger partial charge in [-0.25, -0.2) is 4.98 Å². The third kappa shape index (κ3) is 5.41. The number of hydrogen-bond donors (Lipinski definition) is 2. The monoisotopic (exact) mass is 409 g/mol. The highest BCUT2D eigenvalue weighted by Crippen LogP contribution is 2.25. The molecular weight excluding hydrogens is 386 g/mol. The molecule has 1 aromatic heterocycles. The molecule has 1 aliphatic heterocycles. The maximum atomic E-state index is 12.3. The van der Waals surface area contributed by atoms with E-state index in [2.05, 4.69) is 39.5 Å². The second-order valence-corrected chi connectivity index (χ2v) is 7.87. The molecule has 7 heteroatoms. The van der Waals surface area contributed by atoms with Gasteiger partial charge < -0.3 is 15.2 Å². The van der Waals surface area contributed by atoms with E-state index >= 15 is 0 Å². The fraction of sp³-hybridized carbons (Fsp3) is 0.273. The molecule has 2 heterocycles. The van der Waals surface area contributed by atoms with Gasteiger partial charge in [0.25, 0.3) is 0 Å². The van der Waals surface area contributed by atoms with Gasteiger partial charge in [-0.05, 0) is 23.8 Å². The van der Waals surface area contributed by atoms with Crippen LogP contribution in [0, 0.1) is 0 Å². The Morgan fingerprint density at radius 1 is 1.17 bits per heavy atom. The second kappa shape index (κ2) is 9.17. The lowest BCUT2D eigenvalue weighted by Crippen LogP contribution is -2.35. The Morgan fingerprint density at radius 3 is 2.83 bits per heavy atom. The number of nitrogens with zero attached hydrogens (tertiary/aromatic N) is 2. The summed E-state index contributed by atoms with van der Waals surface area (Å²) in [4.78, 5) is 19.3. The highest BCUT2D eigenvalue weighted by molar-refractivity contribution is 7.13. The van der Waals surface area contributed by atoms with Crippen molar-refractivity contribution in [2.24, 2.45) is 0 Å². The van der Waals surface area contributed by atoms with Crippen LogP contribution in [0.4, 0.5) is 5.69 Å². The van der Waals surface area contributed by atoms with Crippen LogP contribution in [0.3, 0.4) is 0 Å². The van der Waals surface area contributed by atoms with E-state index in [9.17, 15) is 9.90 Å². The first-order valence-corrected chi connectivity index (χ1v) is 10.5. The fourth-order valence-electron chi connectivity index (χ4n) is 3.29. The Bertz CT molecular complexity index is 983. The smallest absolute Gasteiger partial charge is 0.230 e. The minimum atomic E-state index is -0.159. The molecule has 2 N–H and O–H groups in total. The minimum Gasteiger partial charge on any atom is -0.508 e. The van der Waals surface area contributed by atoms with E-state index in [0.717, 1.165) is 49.1 Å². The van der Waals surface area contributed by atoms with E-state index in [1.165, 1.54) is 11.6 Å². The van der Waals surface area contributed by atoms with Gasteiger partial charge in [-0.15, -0.1) is 11.3 Å². The highest BCUT2D eigenvalue weighted by Gasteiger charge is 2.13. The van der Waals surface area contributed by atoms with Gasteiger partial charge in [0.05, 0.1) is 25.3 Å². The summed E-state index contributed by atoms with van der Waals surface area (Å²) in [6.45, 7) is 4.40. The zero-order valence-corrected chi connectivity index (χ0v) is 16.8. The van der Waals surface area contributed by atoms with Gasteiger partial charge in [-0.3, -0.25) is 9.69 Å². The van der Waals surface area contributed by atoms with Crippen LogP contribution in [0.5, 0.6) is 5.75 Å². The molecule has 29 heavy (non-hydrogen) atoms. The average Bonchev–Trinajstić information content (AvgIpc) is 3.17. The van der Waals surface area contributed by atoms with Crippen molar-refractivity contribution in [1.29, 1.82) is 0 Å². The van der Waals surface area contributed by atoms with E-state index in [0.29, 0.717) is 5.69 Å². The Kier molecular flexibility index (Phi) is 6.19. The summed E-state index contributed by atoms with van der Waals surface area (Å²) >= 11 is 1.54. The van der Waals surface area contributed by atoms with Crippen molar-refractivity contribution in [3.05, 3.63) is 65.2 Å². The molecule has 0 saturated carbocycles. The molecule has 6 nitrogen and oxygen atoms in total. The number of rotatable bonds is 6. The molecule has 1 amide bonds.